The molecule has 1 heterocycles. The van der Waals surface area contributed by atoms with Gasteiger partial charge in [0.25, 0.3) is 0 Å². The molecule has 0 bridgehead atoms. The van der Waals surface area contributed by atoms with Gasteiger partial charge < -0.3 is 4.74 Å². The summed E-state index contributed by atoms with van der Waals surface area (Å²) in [5, 5.41) is 3.33. The van der Waals surface area contributed by atoms with Crippen molar-refractivity contribution in [3.05, 3.63) is 68.5 Å². The van der Waals surface area contributed by atoms with Crippen LogP contribution in [0.1, 0.15) is 32.8 Å². The molecular weight excluding hydrogens is 314 g/mol. The lowest BCUT2D eigenvalue weighted by Crippen LogP contribution is -1.96. The second-order valence-corrected chi connectivity index (χ2v) is 7.23. The minimum Gasteiger partial charge on any atom is -0.497 e. The zero-order chi connectivity index (χ0) is 17.3. The molecule has 0 N–H and O–H groups in total. The molecule has 3 heteroatoms. The number of ether oxygens (including phenoxy) is 1. The highest BCUT2D eigenvalue weighted by Crippen LogP contribution is 2.32. The number of benzene rings is 2. The van der Waals surface area contributed by atoms with E-state index in [0.29, 0.717) is 0 Å². The van der Waals surface area contributed by atoms with Gasteiger partial charge in [0.2, 0.25) is 0 Å². The summed E-state index contributed by atoms with van der Waals surface area (Å²) in [6.45, 7) is 8.74. The fraction of sp³-hybridized carbons (Fsp3) is 0.286. The average molecular weight is 337 g/mol. The van der Waals surface area contributed by atoms with Crippen LogP contribution < -0.4 is 4.74 Å². The average Bonchev–Trinajstić information content (AvgIpc) is 3.02. The van der Waals surface area contributed by atoms with Crippen LogP contribution in [0.5, 0.6) is 5.75 Å². The molecule has 0 saturated carbocycles. The lowest BCUT2D eigenvalue weighted by atomic mass is 9.93. The number of rotatable bonds is 4. The van der Waals surface area contributed by atoms with Gasteiger partial charge in [0.05, 0.1) is 17.8 Å². The first kappa shape index (κ1) is 16.7. The van der Waals surface area contributed by atoms with E-state index >= 15 is 0 Å². The van der Waals surface area contributed by atoms with Crippen LogP contribution in [0.4, 0.5) is 0 Å². The number of nitrogens with zero attached hydrogens (tertiary/aromatic N) is 1. The van der Waals surface area contributed by atoms with Gasteiger partial charge in [0.1, 0.15) is 5.75 Å². The van der Waals surface area contributed by atoms with E-state index in [9.17, 15) is 0 Å². The van der Waals surface area contributed by atoms with Crippen molar-refractivity contribution in [1.82, 2.24) is 4.98 Å². The Morgan fingerprint density at radius 2 is 1.58 bits per heavy atom. The van der Waals surface area contributed by atoms with Gasteiger partial charge in [0.15, 0.2) is 0 Å². The summed E-state index contributed by atoms with van der Waals surface area (Å²) >= 11 is 1.74. The second kappa shape index (κ2) is 6.78. The Morgan fingerprint density at radius 1 is 0.958 bits per heavy atom. The fourth-order valence-electron chi connectivity index (χ4n) is 3.03. The minimum absolute atomic E-state index is 0.859. The Kier molecular flexibility index (Phi) is 4.72. The van der Waals surface area contributed by atoms with Crippen molar-refractivity contribution < 1.29 is 4.74 Å². The summed E-state index contributed by atoms with van der Waals surface area (Å²) in [5.74, 6) is 0.889. The van der Waals surface area contributed by atoms with Crippen LogP contribution in [-0.4, -0.2) is 12.1 Å². The normalized spacial score (nSPS) is 10.9. The van der Waals surface area contributed by atoms with Gasteiger partial charge in [-0.3, -0.25) is 0 Å². The van der Waals surface area contributed by atoms with Crippen LogP contribution in [0.3, 0.4) is 0 Å². The van der Waals surface area contributed by atoms with E-state index in [-0.39, 0.29) is 0 Å². The summed E-state index contributed by atoms with van der Waals surface area (Å²) < 4.78 is 5.22. The van der Waals surface area contributed by atoms with Crippen LogP contribution >= 0.6 is 11.3 Å². The molecule has 0 aliphatic heterocycles. The summed E-state index contributed by atoms with van der Waals surface area (Å²) in [4.78, 5) is 4.91. The van der Waals surface area contributed by atoms with Gasteiger partial charge in [-0.1, -0.05) is 18.2 Å². The van der Waals surface area contributed by atoms with Crippen molar-refractivity contribution in [2.75, 3.05) is 7.11 Å². The zero-order valence-corrected chi connectivity index (χ0v) is 15.8. The molecular formula is C21H23NOS. The third kappa shape index (κ3) is 3.22. The second-order valence-electron chi connectivity index (χ2n) is 6.29. The molecule has 0 unspecified atom stereocenters. The smallest absolute Gasteiger partial charge is 0.118 e. The molecule has 0 saturated heterocycles. The van der Waals surface area contributed by atoms with Crippen LogP contribution in [0, 0.1) is 27.7 Å². The molecule has 0 amide bonds. The molecule has 24 heavy (non-hydrogen) atoms. The predicted octanol–water partition coefficient (Wildman–Crippen LogP) is 5.64. The van der Waals surface area contributed by atoms with E-state index in [4.69, 9.17) is 9.72 Å². The van der Waals surface area contributed by atoms with Gasteiger partial charge >= 0.3 is 0 Å². The fourth-order valence-corrected chi connectivity index (χ4v) is 3.85. The van der Waals surface area contributed by atoms with Crippen molar-refractivity contribution in [2.45, 2.75) is 34.1 Å². The molecule has 0 atom stereocenters. The molecule has 3 aromatic rings. The first-order chi connectivity index (χ1) is 11.5. The van der Waals surface area contributed by atoms with E-state index < -0.39 is 0 Å². The highest BCUT2D eigenvalue weighted by molar-refractivity contribution is 7.10. The minimum atomic E-state index is 0.859. The maximum atomic E-state index is 5.22. The van der Waals surface area contributed by atoms with E-state index in [1.165, 1.54) is 33.4 Å². The third-order valence-electron chi connectivity index (χ3n) is 4.69. The highest BCUT2D eigenvalue weighted by Gasteiger charge is 2.14. The molecule has 2 aromatic carbocycles. The Hall–Kier alpha value is -2.13. The van der Waals surface area contributed by atoms with Gasteiger partial charge in [-0.25, -0.2) is 4.98 Å². The van der Waals surface area contributed by atoms with Crippen molar-refractivity contribution in [3.8, 4) is 17.0 Å². The molecule has 0 aliphatic carbocycles. The predicted molar refractivity (Wildman–Crippen MR) is 102 cm³/mol. The summed E-state index contributed by atoms with van der Waals surface area (Å²) in [7, 11) is 1.69. The monoisotopic (exact) mass is 337 g/mol. The number of hydrogen-bond acceptors (Lipinski definition) is 3. The first-order valence-corrected chi connectivity index (χ1v) is 9.02. The Morgan fingerprint density at radius 3 is 2.17 bits per heavy atom. The van der Waals surface area contributed by atoms with Gasteiger partial charge in [0, 0.05) is 17.4 Å². The van der Waals surface area contributed by atoms with E-state index in [0.717, 1.165) is 22.9 Å². The van der Waals surface area contributed by atoms with Crippen molar-refractivity contribution in [3.63, 3.8) is 0 Å². The molecule has 0 fully saturated rings. The summed E-state index contributed by atoms with van der Waals surface area (Å²) in [6, 6.07) is 10.5. The molecule has 0 aliphatic rings. The first-order valence-electron chi connectivity index (χ1n) is 8.14. The standard InChI is InChI=1S/C21H23NOS/c1-13-10-14(2)16(4)21(15(13)3)19-12-24-20(22-19)11-17-6-8-18(23-5)9-7-17/h6-10,12H,11H2,1-5H3. The third-order valence-corrected chi connectivity index (χ3v) is 5.54. The molecule has 1 aromatic heterocycles. The number of thiazole rings is 1. The lowest BCUT2D eigenvalue weighted by Gasteiger charge is -2.13. The van der Waals surface area contributed by atoms with Crippen LogP contribution in [-0.2, 0) is 6.42 Å². The zero-order valence-electron chi connectivity index (χ0n) is 14.9. The van der Waals surface area contributed by atoms with Crippen molar-refractivity contribution in [1.29, 1.82) is 0 Å². The molecule has 0 radical (unpaired) electrons. The van der Waals surface area contributed by atoms with Gasteiger partial charge in [-0.2, -0.15) is 0 Å². The molecule has 2 nitrogen and oxygen atoms in total. The van der Waals surface area contributed by atoms with E-state index in [1.807, 2.05) is 12.1 Å². The number of methoxy groups -OCH3 is 1. The maximum Gasteiger partial charge on any atom is 0.118 e. The van der Waals surface area contributed by atoms with Crippen molar-refractivity contribution >= 4 is 11.3 Å². The maximum absolute atomic E-state index is 5.22. The molecule has 124 valence electrons. The molecule has 3 rings (SSSR count). The summed E-state index contributed by atoms with van der Waals surface area (Å²) in [6.07, 6.45) is 0.859. The summed E-state index contributed by atoms with van der Waals surface area (Å²) in [5.41, 5.74) is 8.98. The number of aromatic nitrogens is 1. The lowest BCUT2D eigenvalue weighted by molar-refractivity contribution is 0.414. The Balaban J connectivity index is 1.91. The SMILES string of the molecule is COc1ccc(Cc2nc(-c3c(C)c(C)cc(C)c3C)cs2)cc1. The van der Waals surface area contributed by atoms with Crippen LogP contribution in [0.2, 0.25) is 0 Å². The van der Waals surface area contributed by atoms with Crippen LogP contribution in [0.15, 0.2) is 35.7 Å². The number of hydrogen-bond donors (Lipinski definition) is 0. The van der Waals surface area contributed by atoms with Gasteiger partial charge in [-0.15, -0.1) is 11.3 Å². The van der Waals surface area contributed by atoms with Crippen LogP contribution in [0.25, 0.3) is 11.3 Å². The quantitative estimate of drug-likeness (QED) is 0.614. The van der Waals surface area contributed by atoms with E-state index in [2.05, 4.69) is 51.3 Å². The van der Waals surface area contributed by atoms with Gasteiger partial charge in [-0.05, 0) is 67.6 Å². The van der Waals surface area contributed by atoms with E-state index in [1.54, 1.807) is 18.4 Å². The largest absolute Gasteiger partial charge is 0.497 e. The Bertz CT molecular complexity index is 836. The van der Waals surface area contributed by atoms with Crippen molar-refractivity contribution in [2.24, 2.45) is 0 Å². The molecule has 0 spiro atoms. The topological polar surface area (TPSA) is 22.1 Å². The number of aryl methyl sites for hydroxylation is 2. The Labute approximate surface area is 148 Å². The highest BCUT2D eigenvalue weighted by atomic mass is 32.1.